The van der Waals surface area contributed by atoms with Crippen LogP contribution in [0, 0.1) is 0 Å². The molecule has 0 bridgehead atoms. The summed E-state index contributed by atoms with van der Waals surface area (Å²) in [5, 5.41) is 0. The maximum Gasteiger partial charge on any atom is 0.264 e. The average molecular weight is 350 g/mol. The molecule has 0 radical (unpaired) electrons. The van der Waals surface area contributed by atoms with Gasteiger partial charge in [0.25, 0.3) is 5.91 Å². The first-order chi connectivity index (χ1) is 12.7. The minimum Gasteiger partial charge on any atom is -0.480 e. The molecule has 2 aromatic carbocycles. The number of hydrogen-bond donors (Lipinski definition) is 0. The topological polar surface area (TPSA) is 32.8 Å². The lowest BCUT2D eigenvalue weighted by Gasteiger charge is -2.29. The van der Waals surface area contributed by atoms with Crippen LogP contribution in [0.3, 0.4) is 0 Å². The normalized spacial score (nSPS) is 19.0. The molecule has 2 aromatic rings. The van der Waals surface area contributed by atoms with Gasteiger partial charge in [-0.15, -0.1) is 0 Å². The summed E-state index contributed by atoms with van der Waals surface area (Å²) in [5.41, 5.74) is 3.55. The summed E-state index contributed by atoms with van der Waals surface area (Å²) in [4.78, 5) is 16.9. The monoisotopic (exact) mass is 350 g/mol. The lowest BCUT2D eigenvalue weighted by atomic mass is 10.1. The molecular weight excluding hydrogens is 324 g/mol. The molecule has 2 aliphatic heterocycles. The zero-order valence-corrected chi connectivity index (χ0v) is 15.4. The Bertz CT molecular complexity index is 741. The number of anilines is 1. The molecule has 4 rings (SSSR count). The van der Waals surface area contributed by atoms with Gasteiger partial charge in [0.1, 0.15) is 5.75 Å². The van der Waals surface area contributed by atoms with Crippen molar-refractivity contribution in [2.75, 3.05) is 25.0 Å². The Labute approximate surface area is 155 Å². The second-order valence-corrected chi connectivity index (χ2v) is 7.33. The Kier molecular flexibility index (Phi) is 4.83. The molecule has 0 spiro atoms. The van der Waals surface area contributed by atoms with Crippen molar-refractivity contribution in [2.45, 2.75) is 38.3 Å². The van der Waals surface area contributed by atoms with Gasteiger partial charge in [-0.05, 0) is 48.6 Å². The van der Waals surface area contributed by atoms with Crippen LogP contribution in [0.15, 0.2) is 48.5 Å². The SMILES string of the molecule is CN(Cc1ccc(N2CCCCC2)cc1)C(=O)[C@H]1Cc2ccccc2O1. The maximum absolute atomic E-state index is 12.7. The minimum absolute atomic E-state index is 0.0429. The third-order valence-corrected chi connectivity index (χ3v) is 5.38. The van der Waals surface area contributed by atoms with E-state index in [-0.39, 0.29) is 5.91 Å². The van der Waals surface area contributed by atoms with E-state index >= 15 is 0 Å². The van der Waals surface area contributed by atoms with Gasteiger partial charge in [0.15, 0.2) is 6.10 Å². The molecule has 0 aromatic heterocycles. The Hall–Kier alpha value is -2.49. The molecule has 2 aliphatic rings. The minimum atomic E-state index is -0.398. The summed E-state index contributed by atoms with van der Waals surface area (Å²) in [6.45, 7) is 2.91. The van der Waals surface area contributed by atoms with Gasteiger partial charge >= 0.3 is 0 Å². The molecule has 4 heteroatoms. The summed E-state index contributed by atoms with van der Waals surface area (Å²) < 4.78 is 5.83. The first-order valence-corrected chi connectivity index (χ1v) is 9.54. The third-order valence-electron chi connectivity index (χ3n) is 5.38. The summed E-state index contributed by atoms with van der Waals surface area (Å²) >= 11 is 0. The highest BCUT2D eigenvalue weighted by atomic mass is 16.5. The molecule has 1 atom stereocenters. The van der Waals surface area contributed by atoms with Crippen LogP contribution in [-0.4, -0.2) is 37.0 Å². The Balaban J connectivity index is 1.35. The largest absolute Gasteiger partial charge is 0.480 e. The number of amides is 1. The van der Waals surface area contributed by atoms with E-state index in [9.17, 15) is 4.79 Å². The molecule has 2 heterocycles. The second kappa shape index (κ2) is 7.40. The van der Waals surface area contributed by atoms with Crippen LogP contribution in [0.5, 0.6) is 5.75 Å². The molecule has 0 saturated carbocycles. The first-order valence-electron chi connectivity index (χ1n) is 9.54. The molecule has 0 unspecified atom stereocenters. The maximum atomic E-state index is 12.7. The van der Waals surface area contributed by atoms with Gasteiger partial charge in [-0.25, -0.2) is 0 Å². The standard InChI is InChI=1S/C22H26N2O2/c1-23(22(25)21-15-18-7-3-4-8-20(18)26-21)16-17-9-11-19(12-10-17)24-13-5-2-6-14-24/h3-4,7-12,21H,2,5-6,13-16H2,1H3/t21-/m1/s1. The number of rotatable bonds is 4. The van der Waals surface area contributed by atoms with Crippen molar-refractivity contribution in [2.24, 2.45) is 0 Å². The molecule has 1 saturated heterocycles. The number of carbonyl (C=O) groups excluding carboxylic acids is 1. The zero-order valence-electron chi connectivity index (χ0n) is 15.4. The van der Waals surface area contributed by atoms with Gasteiger partial charge in [-0.1, -0.05) is 30.3 Å². The van der Waals surface area contributed by atoms with Crippen LogP contribution >= 0.6 is 0 Å². The number of fused-ring (bicyclic) bond motifs is 1. The molecule has 26 heavy (non-hydrogen) atoms. The number of piperidine rings is 1. The number of likely N-dealkylation sites (N-methyl/N-ethyl adjacent to an activating group) is 1. The Morgan fingerprint density at radius 1 is 1.08 bits per heavy atom. The molecule has 4 nitrogen and oxygen atoms in total. The fourth-order valence-electron chi connectivity index (χ4n) is 3.88. The summed E-state index contributed by atoms with van der Waals surface area (Å²) in [5.74, 6) is 0.881. The van der Waals surface area contributed by atoms with Gasteiger partial charge in [-0.3, -0.25) is 4.79 Å². The summed E-state index contributed by atoms with van der Waals surface area (Å²) in [7, 11) is 1.85. The Morgan fingerprint density at radius 2 is 1.81 bits per heavy atom. The van der Waals surface area contributed by atoms with Crippen LogP contribution in [0.4, 0.5) is 5.69 Å². The van der Waals surface area contributed by atoms with E-state index in [4.69, 9.17) is 4.74 Å². The van der Waals surface area contributed by atoms with Crippen molar-refractivity contribution in [1.82, 2.24) is 4.90 Å². The first kappa shape index (κ1) is 17.0. The van der Waals surface area contributed by atoms with E-state index in [1.54, 1.807) is 4.90 Å². The van der Waals surface area contributed by atoms with Crippen LogP contribution < -0.4 is 9.64 Å². The number of hydrogen-bond acceptors (Lipinski definition) is 3. The second-order valence-electron chi connectivity index (χ2n) is 7.33. The lowest BCUT2D eigenvalue weighted by molar-refractivity contribution is -0.137. The van der Waals surface area contributed by atoms with Crippen molar-refractivity contribution in [3.05, 3.63) is 59.7 Å². The predicted octanol–water partition coefficient (Wildman–Crippen LogP) is 3.64. The summed E-state index contributed by atoms with van der Waals surface area (Å²) in [6.07, 6.45) is 4.16. The number of nitrogens with zero attached hydrogens (tertiary/aromatic N) is 2. The van der Waals surface area contributed by atoms with Crippen molar-refractivity contribution >= 4 is 11.6 Å². The highest BCUT2D eigenvalue weighted by Gasteiger charge is 2.30. The van der Waals surface area contributed by atoms with Crippen molar-refractivity contribution in [3.8, 4) is 5.75 Å². The van der Waals surface area contributed by atoms with Crippen LogP contribution in [0.25, 0.3) is 0 Å². The van der Waals surface area contributed by atoms with E-state index in [1.807, 2.05) is 31.3 Å². The predicted molar refractivity (Wildman–Crippen MR) is 104 cm³/mol. The van der Waals surface area contributed by atoms with Crippen LogP contribution in [0.1, 0.15) is 30.4 Å². The van der Waals surface area contributed by atoms with Gasteiger partial charge in [0, 0.05) is 38.8 Å². The van der Waals surface area contributed by atoms with Crippen LogP contribution in [-0.2, 0) is 17.8 Å². The number of benzene rings is 2. The summed E-state index contributed by atoms with van der Waals surface area (Å²) in [6, 6.07) is 16.5. The van der Waals surface area contributed by atoms with Crippen molar-refractivity contribution < 1.29 is 9.53 Å². The quantitative estimate of drug-likeness (QED) is 0.844. The highest BCUT2D eigenvalue weighted by molar-refractivity contribution is 5.82. The molecule has 0 N–H and O–H groups in total. The fourth-order valence-corrected chi connectivity index (χ4v) is 3.88. The van der Waals surface area contributed by atoms with E-state index < -0.39 is 6.10 Å². The van der Waals surface area contributed by atoms with Crippen molar-refractivity contribution in [1.29, 1.82) is 0 Å². The number of carbonyl (C=O) groups is 1. The number of ether oxygens (including phenoxy) is 1. The van der Waals surface area contributed by atoms with Crippen LogP contribution in [0.2, 0.25) is 0 Å². The van der Waals surface area contributed by atoms with Gasteiger partial charge in [0.2, 0.25) is 0 Å². The average Bonchev–Trinajstić information content (AvgIpc) is 3.13. The third kappa shape index (κ3) is 3.55. The molecule has 1 amide bonds. The van der Waals surface area contributed by atoms with E-state index in [1.165, 1.54) is 24.9 Å². The van der Waals surface area contributed by atoms with E-state index in [0.29, 0.717) is 13.0 Å². The zero-order chi connectivity index (χ0) is 17.9. The fraction of sp³-hybridized carbons (Fsp3) is 0.409. The highest BCUT2D eigenvalue weighted by Crippen LogP contribution is 2.29. The molecule has 0 aliphatic carbocycles. The van der Waals surface area contributed by atoms with E-state index in [0.717, 1.165) is 30.0 Å². The molecule has 1 fully saturated rings. The van der Waals surface area contributed by atoms with Gasteiger partial charge in [0.05, 0.1) is 0 Å². The van der Waals surface area contributed by atoms with E-state index in [2.05, 4.69) is 29.2 Å². The van der Waals surface area contributed by atoms with Gasteiger partial charge in [-0.2, -0.15) is 0 Å². The smallest absolute Gasteiger partial charge is 0.264 e. The van der Waals surface area contributed by atoms with Gasteiger partial charge < -0.3 is 14.5 Å². The lowest BCUT2D eigenvalue weighted by Crippen LogP contribution is -2.38. The molecular formula is C22H26N2O2. The van der Waals surface area contributed by atoms with Crippen molar-refractivity contribution in [3.63, 3.8) is 0 Å². The number of para-hydroxylation sites is 1. The Morgan fingerprint density at radius 3 is 2.54 bits per heavy atom. The molecule has 136 valence electrons.